The van der Waals surface area contributed by atoms with Crippen LogP contribution in [0.15, 0.2) is 27.6 Å². The van der Waals surface area contributed by atoms with E-state index in [2.05, 4.69) is 26.0 Å². The average Bonchev–Trinajstić information content (AvgIpc) is 2.41. The highest BCUT2D eigenvalue weighted by molar-refractivity contribution is 9.10. The highest BCUT2D eigenvalue weighted by Crippen LogP contribution is 2.27. The van der Waals surface area contributed by atoms with Crippen molar-refractivity contribution in [2.45, 2.75) is 23.8 Å². The second-order valence-electron chi connectivity index (χ2n) is 4.46. The molecule has 20 heavy (non-hydrogen) atoms. The third-order valence-electron chi connectivity index (χ3n) is 3.02. The van der Waals surface area contributed by atoms with E-state index >= 15 is 0 Å². The van der Waals surface area contributed by atoms with Gasteiger partial charge in [0.15, 0.2) is 0 Å². The largest absolute Gasteiger partial charge is 0.496 e. The average molecular weight is 363 g/mol. The van der Waals surface area contributed by atoms with Crippen LogP contribution >= 0.6 is 15.9 Å². The van der Waals surface area contributed by atoms with Crippen molar-refractivity contribution in [1.82, 2.24) is 10.0 Å². The van der Waals surface area contributed by atoms with Gasteiger partial charge >= 0.3 is 0 Å². The number of carbonyl (C=O) groups excluding carboxylic acids is 1. The number of halogens is 1. The molecule has 1 aliphatic heterocycles. The number of carbonyl (C=O) groups is 1. The van der Waals surface area contributed by atoms with Gasteiger partial charge in [-0.3, -0.25) is 4.79 Å². The fraction of sp³-hybridized carbons (Fsp3) is 0.417. The van der Waals surface area contributed by atoms with Crippen LogP contribution in [0.1, 0.15) is 12.8 Å². The molecule has 0 aromatic heterocycles. The van der Waals surface area contributed by atoms with Crippen molar-refractivity contribution in [2.24, 2.45) is 0 Å². The number of ether oxygens (including phenoxy) is 1. The zero-order valence-electron chi connectivity index (χ0n) is 10.8. The van der Waals surface area contributed by atoms with Crippen LogP contribution in [0, 0.1) is 0 Å². The van der Waals surface area contributed by atoms with Gasteiger partial charge in [0, 0.05) is 19.0 Å². The molecule has 1 heterocycles. The fourth-order valence-electron chi connectivity index (χ4n) is 1.94. The van der Waals surface area contributed by atoms with Crippen LogP contribution < -0.4 is 14.8 Å². The quantitative estimate of drug-likeness (QED) is 0.837. The van der Waals surface area contributed by atoms with Crippen molar-refractivity contribution in [2.75, 3.05) is 13.7 Å². The molecule has 0 saturated carbocycles. The van der Waals surface area contributed by atoms with Gasteiger partial charge in [-0.1, -0.05) is 0 Å². The van der Waals surface area contributed by atoms with Gasteiger partial charge in [0.25, 0.3) is 0 Å². The third kappa shape index (κ3) is 3.50. The molecule has 6 nitrogen and oxygen atoms in total. The van der Waals surface area contributed by atoms with E-state index < -0.39 is 10.0 Å². The molecule has 1 amide bonds. The maximum absolute atomic E-state index is 12.2. The molecule has 1 atom stereocenters. The highest BCUT2D eigenvalue weighted by atomic mass is 79.9. The summed E-state index contributed by atoms with van der Waals surface area (Å²) in [6.07, 6.45) is 0.835. The predicted octanol–water partition coefficient (Wildman–Crippen LogP) is 1.01. The van der Waals surface area contributed by atoms with Crippen LogP contribution in [0.3, 0.4) is 0 Å². The lowest BCUT2D eigenvalue weighted by Crippen LogP contribution is -2.47. The maximum Gasteiger partial charge on any atom is 0.240 e. The minimum Gasteiger partial charge on any atom is -0.496 e. The summed E-state index contributed by atoms with van der Waals surface area (Å²) in [7, 11) is -2.10. The SMILES string of the molecule is COc1ccc(S(=O)(=O)NC2CCC(=O)NC2)cc1Br. The van der Waals surface area contributed by atoms with E-state index in [1.807, 2.05) is 0 Å². The normalized spacial score (nSPS) is 19.5. The van der Waals surface area contributed by atoms with Gasteiger partial charge in [-0.15, -0.1) is 0 Å². The van der Waals surface area contributed by atoms with Gasteiger partial charge in [-0.05, 0) is 40.5 Å². The van der Waals surface area contributed by atoms with Crippen LogP contribution in [0.5, 0.6) is 5.75 Å². The van der Waals surface area contributed by atoms with Gasteiger partial charge in [0.05, 0.1) is 16.5 Å². The molecule has 0 radical (unpaired) electrons. The van der Waals surface area contributed by atoms with Crippen LogP contribution in [-0.2, 0) is 14.8 Å². The number of rotatable bonds is 4. The van der Waals surface area contributed by atoms with Crippen molar-refractivity contribution >= 4 is 31.9 Å². The molecule has 1 fully saturated rings. The Hall–Kier alpha value is -1.12. The van der Waals surface area contributed by atoms with Crippen molar-refractivity contribution in [3.8, 4) is 5.75 Å². The van der Waals surface area contributed by atoms with Gasteiger partial charge < -0.3 is 10.1 Å². The molecule has 8 heteroatoms. The summed E-state index contributed by atoms with van der Waals surface area (Å²) in [5, 5.41) is 2.64. The van der Waals surface area contributed by atoms with Crippen molar-refractivity contribution in [3.63, 3.8) is 0 Å². The molecule has 1 saturated heterocycles. The zero-order valence-corrected chi connectivity index (χ0v) is 13.3. The second kappa shape index (κ2) is 6.11. The maximum atomic E-state index is 12.2. The standard InChI is InChI=1S/C12H15BrN2O4S/c1-19-11-4-3-9(6-10(11)13)20(17,18)15-8-2-5-12(16)14-7-8/h3-4,6,8,15H,2,5,7H2,1H3,(H,14,16). The number of nitrogens with one attached hydrogen (secondary N) is 2. The Labute approximate surface area is 126 Å². The highest BCUT2D eigenvalue weighted by Gasteiger charge is 2.24. The first-order chi connectivity index (χ1) is 9.42. The van der Waals surface area contributed by atoms with Crippen molar-refractivity contribution in [3.05, 3.63) is 22.7 Å². The van der Waals surface area contributed by atoms with E-state index in [1.54, 1.807) is 6.07 Å². The summed E-state index contributed by atoms with van der Waals surface area (Å²) >= 11 is 3.26. The Bertz CT molecular complexity index is 608. The summed E-state index contributed by atoms with van der Waals surface area (Å²) in [4.78, 5) is 11.2. The van der Waals surface area contributed by atoms with Gasteiger partial charge in [0.2, 0.25) is 15.9 Å². The minimum atomic E-state index is -3.61. The van der Waals surface area contributed by atoms with Crippen molar-refractivity contribution in [1.29, 1.82) is 0 Å². The molecule has 2 N–H and O–H groups in total. The summed E-state index contributed by atoms with van der Waals surface area (Å²) < 4.78 is 32.7. The summed E-state index contributed by atoms with van der Waals surface area (Å²) in [5.41, 5.74) is 0. The molecule has 0 aliphatic carbocycles. The van der Waals surface area contributed by atoms with Crippen LogP contribution in [-0.4, -0.2) is 34.0 Å². The Morgan fingerprint density at radius 3 is 2.75 bits per heavy atom. The molecule has 1 aromatic rings. The number of amides is 1. The van der Waals surface area contributed by atoms with E-state index in [9.17, 15) is 13.2 Å². The number of piperidine rings is 1. The molecule has 0 bridgehead atoms. The summed E-state index contributed by atoms with van der Waals surface area (Å²) in [6, 6.07) is 4.27. The topological polar surface area (TPSA) is 84.5 Å². The Morgan fingerprint density at radius 2 is 2.20 bits per heavy atom. The van der Waals surface area contributed by atoms with Crippen LogP contribution in [0.4, 0.5) is 0 Å². The van der Waals surface area contributed by atoms with Crippen LogP contribution in [0.25, 0.3) is 0 Å². The predicted molar refractivity (Wildman–Crippen MR) is 77.0 cm³/mol. The first-order valence-corrected chi connectivity index (χ1v) is 8.32. The van der Waals surface area contributed by atoms with E-state index in [4.69, 9.17) is 4.74 Å². The zero-order chi connectivity index (χ0) is 14.8. The number of hydrogen-bond donors (Lipinski definition) is 2. The fourth-order valence-corrected chi connectivity index (χ4v) is 3.92. The molecular weight excluding hydrogens is 348 g/mol. The van der Waals surface area contributed by atoms with E-state index in [0.717, 1.165) is 0 Å². The number of hydrogen-bond acceptors (Lipinski definition) is 4. The summed E-state index contributed by atoms with van der Waals surface area (Å²) in [5.74, 6) is 0.515. The Morgan fingerprint density at radius 1 is 1.45 bits per heavy atom. The molecule has 1 aromatic carbocycles. The lowest BCUT2D eigenvalue weighted by Gasteiger charge is -2.23. The molecule has 1 aliphatic rings. The first kappa shape index (κ1) is 15.3. The number of sulfonamides is 1. The second-order valence-corrected chi connectivity index (χ2v) is 7.03. The molecule has 110 valence electrons. The van der Waals surface area contributed by atoms with Crippen molar-refractivity contribution < 1.29 is 17.9 Å². The third-order valence-corrected chi connectivity index (χ3v) is 5.16. The van der Waals surface area contributed by atoms with E-state index in [0.29, 0.717) is 29.6 Å². The van der Waals surface area contributed by atoms with E-state index in [-0.39, 0.29) is 16.8 Å². The first-order valence-electron chi connectivity index (χ1n) is 6.05. The lowest BCUT2D eigenvalue weighted by molar-refractivity contribution is -0.122. The van der Waals surface area contributed by atoms with Gasteiger partial charge in [-0.2, -0.15) is 0 Å². The molecular formula is C12H15BrN2O4S. The molecule has 1 unspecified atom stereocenters. The lowest BCUT2D eigenvalue weighted by atomic mass is 10.1. The van der Waals surface area contributed by atoms with Gasteiger partial charge in [-0.25, -0.2) is 13.1 Å². The van der Waals surface area contributed by atoms with Gasteiger partial charge in [0.1, 0.15) is 5.75 Å². The van der Waals surface area contributed by atoms with Crippen LogP contribution in [0.2, 0.25) is 0 Å². The van der Waals surface area contributed by atoms with E-state index in [1.165, 1.54) is 19.2 Å². The number of methoxy groups -OCH3 is 1. The molecule has 0 spiro atoms. The Kier molecular flexibility index (Phi) is 4.66. The smallest absolute Gasteiger partial charge is 0.240 e. The number of benzene rings is 1. The minimum absolute atomic E-state index is 0.0485. The monoisotopic (exact) mass is 362 g/mol. The molecule has 2 rings (SSSR count). The summed E-state index contributed by atoms with van der Waals surface area (Å²) in [6.45, 7) is 0.315. The Balaban J connectivity index is 2.14.